The first-order valence-corrected chi connectivity index (χ1v) is 7.01. The highest BCUT2D eigenvalue weighted by atomic mass is 16.5. The molecule has 0 spiro atoms. The van der Waals surface area contributed by atoms with E-state index >= 15 is 0 Å². The Morgan fingerprint density at radius 3 is 2.95 bits per heavy atom. The van der Waals surface area contributed by atoms with Gasteiger partial charge in [0.05, 0.1) is 29.7 Å². The van der Waals surface area contributed by atoms with Gasteiger partial charge in [0.25, 0.3) is 0 Å². The molecule has 0 fully saturated rings. The number of aliphatic hydroxyl groups is 1. The van der Waals surface area contributed by atoms with E-state index in [0.717, 1.165) is 55.4 Å². The molecule has 1 N–H and O–H groups in total. The number of fused-ring (bicyclic) bond motifs is 1. The summed E-state index contributed by atoms with van der Waals surface area (Å²) in [5, 5.41) is 18.0. The van der Waals surface area contributed by atoms with Gasteiger partial charge in [0.1, 0.15) is 0 Å². The molecule has 3 rings (SSSR count). The molecular formula is C14H20N4O2. The summed E-state index contributed by atoms with van der Waals surface area (Å²) < 4.78 is 7.29. The molecule has 108 valence electrons. The van der Waals surface area contributed by atoms with Crippen molar-refractivity contribution in [2.24, 2.45) is 0 Å². The zero-order valence-electron chi connectivity index (χ0n) is 11.9. The maximum atomic E-state index is 9.63. The molecule has 6 heteroatoms. The highest BCUT2D eigenvalue weighted by Gasteiger charge is 2.19. The lowest BCUT2D eigenvalue weighted by Crippen LogP contribution is -2.22. The Morgan fingerprint density at radius 1 is 1.40 bits per heavy atom. The minimum Gasteiger partial charge on any atom is -0.387 e. The Morgan fingerprint density at radius 2 is 2.25 bits per heavy atom. The minimum atomic E-state index is -0.514. The summed E-state index contributed by atoms with van der Waals surface area (Å²) in [6, 6.07) is 3.97. The molecule has 0 bridgehead atoms. The molecule has 2 aromatic heterocycles. The molecule has 1 aliphatic rings. The molecule has 0 aliphatic carbocycles. The van der Waals surface area contributed by atoms with E-state index in [1.165, 1.54) is 0 Å². The predicted molar refractivity (Wildman–Crippen MR) is 72.8 cm³/mol. The van der Waals surface area contributed by atoms with Crippen molar-refractivity contribution in [2.45, 2.75) is 46.0 Å². The summed E-state index contributed by atoms with van der Waals surface area (Å²) >= 11 is 0. The second kappa shape index (κ2) is 5.38. The summed E-state index contributed by atoms with van der Waals surface area (Å²) in [7, 11) is 0. The van der Waals surface area contributed by atoms with Crippen LogP contribution in [-0.4, -0.2) is 31.5 Å². The van der Waals surface area contributed by atoms with Crippen LogP contribution in [0, 0.1) is 6.92 Å². The molecule has 1 aliphatic heterocycles. The quantitative estimate of drug-likeness (QED) is 0.923. The molecule has 0 radical (unpaired) electrons. The average molecular weight is 276 g/mol. The molecule has 0 amide bonds. The molecule has 20 heavy (non-hydrogen) atoms. The topological polar surface area (TPSA) is 67.3 Å². The van der Waals surface area contributed by atoms with Crippen LogP contribution < -0.4 is 0 Å². The molecule has 0 saturated carbocycles. The predicted octanol–water partition coefficient (Wildman–Crippen LogP) is 1.64. The highest BCUT2D eigenvalue weighted by Crippen LogP contribution is 2.19. The van der Waals surface area contributed by atoms with Crippen LogP contribution in [0.1, 0.15) is 42.3 Å². The maximum Gasteiger partial charge on any atom is 0.150 e. The number of hydrogen-bond acceptors (Lipinski definition) is 5. The summed E-state index contributed by atoms with van der Waals surface area (Å²) in [6.45, 7) is 7.16. The fraction of sp³-hybridized carbons (Fsp3) is 0.571. The number of aromatic nitrogens is 3. The number of hydrogen-bond donors (Lipinski definition) is 1. The van der Waals surface area contributed by atoms with E-state index in [1.807, 2.05) is 23.7 Å². The third-order valence-corrected chi connectivity index (χ3v) is 3.60. The lowest BCUT2D eigenvalue weighted by molar-refractivity contribution is 0.192. The Balaban J connectivity index is 1.75. The highest BCUT2D eigenvalue weighted by molar-refractivity contribution is 5.13. The molecule has 6 nitrogen and oxygen atoms in total. The van der Waals surface area contributed by atoms with Crippen molar-refractivity contribution in [1.82, 2.24) is 19.8 Å². The van der Waals surface area contributed by atoms with Gasteiger partial charge in [-0.3, -0.25) is 9.58 Å². The Hall–Kier alpha value is -1.66. The SMILES string of the molecule is Cc1cc(CN2CCCn3nc([C@H](C)O)cc3C2)on1. The van der Waals surface area contributed by atoms with Gasteiger partial charge in [0, 0.05) is 25.7 Å². The summed E-state index contributed by atoms with van der Waals surface area (Å²) in [6.07, 6.45) is 0.529. The summed E-state index contributed by atoms with van der Waals surface area (Å²) in [5.41, 5.74) is 2.81. The molecule has 0 saturated heterocycles. The van der Waals surface area contributed by atoms with Gasteiger partial charge in [-0.15, -0.1) is 0 Å². The molecular weight excluding hydrogens is 256 g/mol. The first-order chi connectivity index (χ1) is 9.61. The van der Waals surface area contributed by atoms with E-state index in [0.29, 0.717) is 0 Å². The lowest BCUT2D eigenvalue weighted by Gasteiger charge is -2.17. The van der Waals surface area contributed by atoms with E-state index in [2.05, 4.69) is 15.2 Å². The number of nitrogens with zero attached hydrogens (tertiary/aromatic N) is 4. The van der Waals surface area contributed by atoms with E-state index in [-0.39, 0.29) is 0 Å². The smallest absolute Gasteiger partial charge is 0.150 e. The van der Waals surface area contributed by atoms with Gasteiger partial charge in [-0.2, -0.15) is 5.10 Å². The van der Waals surface area contributed by atoms with E-state index in [1.54, 1.807) is 6.92 Å². The van der Waals surface area contributed by atoms with Gasteiger partial charge in [-0.25, -0.2) is 0 Å². The van der Waals surface area contributed by atoms with Crippen LogP contribution in [0.4, 0.5) is 0 Å². The minimum absolute atomic E-state index is 0.514. The van der Waals surface area contributed by atoms with Gasteiger partial charge < -0.3 is 9.63 Å². The Labute approximate surface area is 118 Å². The van der Waals surface area contributed by atoms with E-state index in [4.69, 9.17) is 4.52 Å². The average Bonchev–Trinajstić information content (AvgIpc) is 2.92. The summed E-state index contributed by atoms with van der Waals surface area (Å²) in [5.74, 6) is 0.895. The zero-order chi connectivity index (χ0) is 14.1. The van der Waals surface area contributed by atoms with E-state index < -0.39 is 6.10 Å². The normalized spacial score (nSPS) is 17.8. The van der Waals surface area contributed by atoms with Crippen molar-refractivity contribution in [2.75, 3.05) is 6.54 Å². The van der Waals surface area contributed by atoms with Crippen molar-refractivity contribution in [3.63, 3.8) is 0 Å². The second-order valence-corrected chi connectivity index (χ2v) is 5.46. The van der Waals surface area contributed by atoms with Crippen LogP contribution in [0.25, 0.3) is 0 Å². The van der Waals surface area contributed by atoms with Crippen LogP contribution in [0.3, 0.4) is 0 Å². The van der Waals surface area contributed by atoms with Gasteiger partial charge >= 0.3 is 0 Å². The molecule has 1 atom stereocenters. The van der Waals surface area contributed by atoms with Crippen molar-refractivity contribution >= 4 is 0 Å². The molecule has 0 aromatic carbocycles. The van der Waals surface area contributed by atoms with Crippen LogP contribution in [-0.2, 0) is 19.6 Å². The van der Waals surface area contributed by atoms with Crippen molar-refractivity contribution < 1.29 is 9.63 Å². The van der Waals surface area contributed by atoms with Crippen molar-refractivity contribution in [1.29, 1.82) is 0 Å². The number of aryl methyl sites for hydroxylation is 2. The van der Waals surface area contributed by atoms with Crippen LogP contribution in [0.2, 0.25) is 0 Å². The van der Waals surface area contributed by atoms with E-state index in [9.17, 15) is 5.11 Å². The Bertz CT molecular complexity index is 588. The lowest BCUT2D eigenvalue weighted by atomic mass is 10.2. The number of aliphatic hydroxyl groups excluding tert-OH is 1. The molecule has 0 unspecified atom stereocenters. The maximum absolute atomic E-state index is 9.63. The van der Waals surface area contributed by atoms with Gasteiger partial charge in [-0.05, 0) is 26.3 Å². The molecule has 2 aromatic rings. The molecule has 3 heterocycles. The largest absolute Gasteiger partial charge is 0.387 e. The van der Waals surface area contributed by atoms with Crippen molar-refractivity contribution in [3.8, 4) is 0 Å². The van der Waals surface area contributed by atoms with Crippen LogP contribution in [0.15, 0.2) is 16.7 Å². The second-order valence-electron chi connectivity index (χ2n) is 5.46. The first kappa shape index (κ1) is 13.3. The van der Waals surface area contributed by atoms with Crippen LogP contribution >= 0.6 is 0 Å². The first-order valence-electron chi connectivity index (χ1n) is 7.01. The van der Waals surface area contributed by atoms with Crippen LogP contribution in [0.5, 0.6) is 0 Å². The number of rotatable bonds is 3. The third-order valence-electron chi connectivity index (χ3n) is 3.60. The van der Waals surface area contributed by atoms with Gasteiger partial charge in [-0.1, -0.05) is 5.16 Å². The third kappa shape index (κ3) is 2.76. The van der Waals surface area contributed by atoms with Gasteiger partial charge in [0.15, 0.2) is 5.76 Å². The van der Waals surface area contributed by atoms with Gasteiger partial charge in [0.2, 0.25) is 0 Å². The zero-order valence-corrected chi connectivity index (χ0v) is 11.9. The fourth-order valence-electron chi connectivity index (χ4n) is 2.60. The summed E-state index contributed by atoms with van der Waals surface area (Å²) in [4.78, 5) is 2.33. The Kier molecular flexibility index (Phi) is 3.58. The monoisotopic (exact) mass is 276 g/mol. The van der Waals surface area contributed by atoms with Crippen molar-refractivity contribution in [3.05, 3.63) is 35.0 Å². The fourth-order valence-corrected chi connectivity index (χ4v) is 2.60. The standard InChI is InChI=1S/C14H20N4O2/c1-10-6-13(20-16-10)9-17-4-3-5-18-12(8-17)7-14(15-18)11(2)19/h6-7,11,19H,3-5,8-9H2,1-2H3/t11-/m0/s1.